The summed E-state index contributed by atoms with van der Waals surface area (Å²) < 4.78 is 14.0. The van der Waals surface area contributed by atoms with Gasteiger partial charge < -0.3 is 10.3 Å². The molecule has 0 saturated heterocycles. The average Bonchev–Trinajstić information content (AvgIpc) is 2.95. The third-order valence-electron chi connectivity index (χ3n) is 4.11. The highest BCUT2D eigenvalue weighted by molar-refractivity contribution is 5.92. The molecule has 0 aliphatic carbocycles. The molecule has 0 saturated carbocycles. The molecule has 3 aromatic rings. The molecule has 0 aliphatic heterocycles. The van der Waals surface area contributed by atoms with E-state index in [2.05, 4.69) is 20.3 Å². The quantitative estimate of drug-likeness (QED) is 0.702. The third-order valence-corrected chi connectivity index (χ3v) is 4.11. The Hall–Kier alpha value is -3.02. The smallest absolute Gasteiger partial charge is 0.244 e. The Kier molecular flexibility index (Phi) is 4.88. The van der Waals surface area contributed by atoms with Gasteiger partial charge in [-0.25, -0.2) is 14.4 Å². The van der Waals surface area contributed by atoms with E-state index < -0.39 is 0 Å². The lowest BCUT2D eigenvalue weighted by molar-refractivity contribution is -0.116. The van der Waals surface area contributed by atoms with Crippen LogP contribution in [0.4, 0.5) is 4.39 Å². The standard InChI is InChI=1S/C19H19FN4O/c1-12-3-5-16(20)19-18(12)15(13(2)24-19)7-8-23-17(25)6-4-14-9-21-11-22-10-14/h3-6,9-11,24H,7-8H2,1-2H3,(H,23,25)/b6-4+. The minimum absolute atomic E-state index is 0.191. The number of carbonyl (C=O) groups excluding carboxylic acids is 1. The zero-order valence-corrected chi connectivity index (χ0v) is 14.1. The number of fused-ring (bicyclic) bond motifs is 1. The van der Waals surface area contributed by atoms with Crippen molar-refractivity contribution in [3.63, 3.8) is 0 Å². The van der Waals surface area contributed by atoms with Gasteiger partial charge in [-0.05, 0) is 43.5 Å². The number of halogens is 1. The van der Waals surface area contributed by atoms with Gasteiger partial charge in [0.1, 0.15) is 12.1 Å². The van der Waals surface area contributed by atoms with Crippen LogP contribution < -0.4 is 5.32 Å². The molecule has 0 radical (unpaired) electrons. The van der Waals surface area contributed by atoms with Gasteiger partial charge in [0, 0.05) is 41.7 Å². The monoisotopic (exact) mass is 338 g/mol. The largest absolute Gasteiger partial charge is 0.356 e. The van der Waals surface area contributed by atoms with Crippen LogP contribution in [0.2, 0.25) is 0 Å². The fraction of sp³-hybridized carbons (Fsp3) is 0.211. The Morgan fingerprint density at radius 2 is 2.04 bits per heavy atom. The van der Waals surface area contributed by atoms with Crippen molar-refractivity contribution in [2.75, 3.05) is 6.54 Å². The number of H-pyrrole nitrogens is 1. The minimum atomic E-state index is -0.257. The lowest BCUT2D eigenvalue weighted by Crippen LogP contribution is -2.23. The van der Waals surface area contributed by atoms with Crippen LogP contribution in [0, 0.1) is 19.7 Å². The van der Waals surface area contributed by atoms with Gasteiger partial charge in [0.05, 0.1) is 5.52 Å². The van der Waals surface area contributed by atoms with Crippen LogP contribution in [0.3, 0.4) is 0 Å². The van der Waals surface area contributed by atoms with Crippen molar-refractivity contribution in [1.29, 1.82) is 0 Å². The number of aromatic amines is 1. The first-order valence-corrected chi connectivity index (χ1v) is 8.03. The molecule has 0 fully saturated rings. The number of benzene rings is 1. The number of hydrogen-bond donors (Lipinski definition) is 2. The Balaban J connectivity index is 1.65. The molecule has 3 rings (SSSR count). The van der Waals surface area contributed by atoms with Gasteiger partial charge in [-0.3, -0.25) is 4.79 Å². The summed E-state index contributed by atoms with van der Waals surface area (Å²) in [6, 6.07) is 3.24. The van der Waals surface area contributed by atoms with E-state index in [0.717, 1.165) is 27.8 Å². The van der Waals surface area contributed by atoms with Crippen LogP contribution in [0.15, 0.2) is 36.9 Å². The number of hydrogen-bond acceptors (Lipinski definition) is 3. The average molecular weight is 338 g/mol. The molecule has 0 aliphatic rings. The summed E-state index contributed by atoms with van der Waals surface area (Å²) in [5.41, 5.74) is 4.27. The first-order valence-electron chi connectivity index (χ1n) is 8.03. The molecule has 2 heterocycles. The maximum absolute atomic E-state index is 14.0. The molecule has 0 unspecified atom stereocenters. The van der Waals surface area contributed by atoms with Crippen LogP contribution in [-0.4, -0.2) is 27.4 Å². The predicted octanol–water partition coefficient (Wildman–Crippen LogP) is 3.09. The Morgan fingerprint density at radius 1 is 1.28 bits per heavy atom. The number of carbonyl (C=O) groups is 1. The highest BCUT2D eigenvalue weighted by Gasteiger charge is 2.13. The molecular formula is C19H19FN4O. The molecule has 0 spiro atoms. The summed E-state index contributed by atoms with van der Waals surface area (Å²) in [6.45, 7) is 4.35. The zero-order chi connectivity index (χ0) is 17.8. The van der Waals surface area contributed by atoms with Gasteiger partial charge in [-0.15, -0.1) is 0 Å². The van der Waals surface area contributed by atoms with Crippen LogP contribution in [0.25, 0.3) is 17.0 Å². The van der Waals surface area contributed by atoms with Crippen molar-refractivity contribution < 1.29 is 9.18 Å². The van der Waals surface area contributed by atoms with Crippen LogP contribution >= 0.6 is 0 Å². The maximum Gasteiger partial charge on any atom is 0.244 e. The van der Waals surface area contributed by atoms with Gasteiger partial charge in [0.25, 0.3) is 0 Å². The first-order chi connectivity index (χ1) is 12.1. The summed E-state index contributed by atoms with van der Waals surface area (Å²) in [6.07, 6.45) is 8.43. The Bertz CT molecular complexity index is 931. The molecular weight excluding hydrogens is 319 g/mol. The van der Waals surface area contributed by atoms with E-state index in [1.807, 2.05) is 13.8 Å². The number of nitrogens with one attached hydrogen (secondary N) is 2. The van der Waals surface area contributed by atoms with E-state index in [-0.39, 0.29) is 11.7 Å². The molecule has 2 N–H and O–H groups in total. The highest BCUT2D eigenvalue weighted by atomic mass is 19.1. The zero-order valence-electron chi connectivity index (χ0n) is 14.1. The number of aryl methyl sites for hydroxylation is 2. The van der Waals surface area contributed by atoms with Crippen molar-refractivity contribution >= 4 is 22.9 Å². The molecule has 128 valence electrons. The van der Waals surface area contributed by atoms with Gasteiger partial charge in [0.2, 0.25) is 5.91 Å². The minimum Gasteiger partial charge on any atom is -0.356 e. The van der Waals surface area contributed by atoms with Crippen LogP contribution in [0.1, 0.15) is 22.4 Å². The van der Waals surface area contributed by atoms with Crippen molar-refractivity contribution in [2.24, 2.45) is 0 Å². The van der Waals surface area contributed by atoms with E-state index in [4.69, 9.17) is 0 Å². The number of amides is 1. The van der Waals surface area contributed by atoms with Crippen molar-refractivity contribution in [3.05, 3.63) is 65.1 Å². The second-order valence-corrected chi connectivity index (χ2v) is 5.89. The SMILES string of the molecule is Cc1[nH]c2c(F)ccc(C)c2c1CCNC(=O)/C=C/c1cncnc1. The van der Waals surface area contributed by atoms with Crippen molar-refractivity contribution in [3.8, 4) is 0 Å². The van der Waals surface area contributed by atoms with E-state index >= 15 is 0 Å². The lowest BCUT2D eigenvalue weighted by Gasteiger charge is -2.05. The predicted molar refractivity (Wildman–Crippen MR) is 95.5 cm³/mol. The lowest BCUT2D eigenvalue weighted by atomic mass is 10.0. The number of nitrogens with zero attached hydrogens (tertiary/aromatic N) is 2. The summed E-state index contributed by atoms with van der Waals surface area (Å²) in [5.74, 6) is -0.448. The van der Waals surface area contributed by atoms with E-state index in [9.17, 15) is 9.18 Å². The second kappa shape index (κ2) is 7.25. The van der Waals surface area contributed by atoms with E-state index in [1.165, 1.54) is 18.5 Å². The van der Waals surface area contributed by atoms with Gasteiger partial charge in [0.15, 0.2) is 0 Å². The molecule has 5 nitrogen and oxygen atoms in total. The Morgan fingerprint density at radius 3 is 2.80 bits per heavy atom. The van der Waals surface area contributed by atoms with Crippen LogP contribution in [0.5, 0.6) is 0 Å². The molecule has 1 aromatic carbocycles. The van der Waals surface area contributed by atoms with Gasteiger partial charge >= 0.3 is 0 Å². The third kappa shape index (κ3) is 3.74. The molecule has 0 atom stereocenters. The fourth-order valence-corrected chi connectivity index (χ4v) is 2.89. The topological polar surface area (TPSA) is 70.7 Å². The first kappa shape index (κ1) is 16.8. The number of rotatable bonds is 5. The van der Waals surface area contributed by atoms with Gasteiger partial charge in [-0.1, -0.05) is 6.07 Å². The maximum atomic E-state index is 14.0. The Labute approximate surface area is 145 Å². The van der Waals surface area contributed by atoms with Crippen molar-refractivity contribution in [1.82, 2.24) is 20.3 Å². The molecule has 25 heavy (non-hydrogen) atoms. The normalized spacial score (nSPS) is 11.3. The summed E-state index contributed by atoms with van der Waals surface area (Å²) in [7, 11) is 0. The molecule has 1 amide bonds. The number of aromatic nitrogens is 3. The van der Waals surface area contributed by atoms with E-state index in [1.54, 1.807) is 24.5 Å². The summed E-state index contributed by atoms with van der Waals surface area (Å²) in [4.78, 5) is 22.8. The molecule has 6 heteroatoms. The fourth-order valence-electron chi connectivity index (χ4n) is 2.89. The molecule has 0 bridgehead atoms. The molecule has 2 aromatic heterocycles. The van der Waals surface area contributed by atoms with Gasteiger partial charge in [-0.2, -0.15) is 0 Å². The summed E-state index contributed by atoms with van der Waals surface area (Å²) >= 11 is 0. The van der Waals surface area contributed by atoms with Crippen molar-refractivity contribution in [2.45, 2.75) is 20.3 Å². The summed E-state index contributed by atoms with van der Waals surface area (Å²) in [5, 5.41) is 3.75. The van der Waals surface area contributed by atoms with Crippen LogP contribution in [-0.2, 0) is 11.2 Å². The van der Waals surface area contributed by atoms with E-state index in [0.29, 0.717) is 18.5 Å². The second-order valence-electron chi connectivity index (χ2n) is 5.89. The highest BCUT2D eigenvalue weighted by Crippen LogP contribution is 2.27.